The number of esters is 1. The van der Waals surface area contributed by atoms with Gasteiger partial charge in [-0.25, -0.2) is 0 Å². The first kappa shape index (κ1) is 10.5. The van der Waals surface area contributed by atoms with E-state index in [9.17, 15) is 4.79 Å². The normalized spacial score (nSPS) is 22.7. The van der Waals surface area contributed by atoms with E-state index in [-0.39, 0.29) is 5.97 Å². The van der Waals surface area contributed by atoms with Crippen LogP contribution in [-0.2, 0) is 14.3 Å². The van der Waals surface area contributed by atoms with Crippen LogP contribution in [0, 0.1) is 0 Å². The van der Waals surface area contributed by atoms with Gasteiger partial charge in [-0.15, -0.1) is 0 Å². The van der Waals surface area contributed by atoms with Crippen molar-refractivity contribution >= 4 is 5.97 Å². The van der Waals surface area contributed by atoms with E-state index in [2.05, 4.69) is 4.74 Å². The molecule has 13 heavy (non-hydrogen) atoms. The smallest absolute Gasteiger partial charge is 0.305 e. The van der Waals surface area contributed by atoms with Crippen molar-refractivity contribution in [2.24, 2.45) is 0 Å². The van der Waals surface area contributed by atoms with Crippen LogP contribution in [0.2, 0.25) is 0 Å². The summed E-state index contributed by atoms with van der Waals surface area (Å²) in [5.41, 5.74) is 0. The number of hydrogen-bond acceptors (Lipinski definition) is 3. The van der Waals surface area contributed by atoms with Gasteiger partial charge in [-0.3, -0.25) is 4.79 Å². The zero-order valence-electron chi connectivity index (χ0n) is 8.25. The van der Waals surface area contributed by atoms with Crippen molar-refractivity contribution in [2.45, 2.75) is 44.6 Å². The molecule has 0 radical (unpaired) electrons. The lowest BCUT2D eigenvalue weighted by atomic mass is 10.0. The van der Waals surface area contributed by atoms with Crippen molar-refractivity contribution in [1.82, 2.24) is 0 Å². The Labute approximate surface area is 79.4 Å². The summed E-state index contributed by atoms with van der Waals surface area (Å²) in [6.07, 6.45) is 6.40. The van der Waals surface area contributed by atoms with E-state index in [1.54, 1.807) is 0 Å². The Morgan fingerprint density at radius 3 is 3.00 bits per heavy atom. The maximum atomic E-state index is 10.8. The molecule has 76 valence electrons. The van der Waals surface area contributed by atoms with E-state index in [0.29, 0.717) is 12.5 Å². The zero-order valence-corrected chi connectivity index (χ0v) is 8.25. The Morgan fingerprint density at radius 2 is 2.38 bits per heavy atom. The number of carbonyl (C=O) groups excluding carboxylic acids is 1. The summed E-state index contributed by atoms with van der Waals surface area (Å²) in [4.78, 5) is 10.8. The summed E-state index contributed by atoms with van der Waals surface area (Å²) in [5, 5.41) is 0. The summed E-state index contributed by atoms with van der Waals surface area (Å²) >= 11 is 0. The molecule has 1 aliphatic heterocycles. The van der Waals surface area contributed by atoms with Crippen molar-refractivity contribution in [3.8, 4) is 0 Å². The summed E-state index contributed by atoms with van der Waals surface area (Å²) in [6.45, 7) is 0.892. The molecule has 3 nitrogen and oxygen atoms in total. The average Bonchev–Trinajstić information content (AvgIpc) is 2.19. The molecule has 0 spiro atoms. The first-order valence-electron chi connectivity index (χ1n) is 5.01. The fraction of sp³-hybridized carbons (Fsp3) is 0.900. The molecule has 1 aliphatic rings. The van der Waals surface area contributed by atoms with Crippen LogP contribution < -0.4 is 0 Å². The highest BCUT2D eigenvalue weighted by atomic mass is 16.5. The van der Waals surface area contributed by atoms with E-state index in [4.69, 9.17) is 4.74 Å². The van der Waals surface area contributed by atoms with Gasteiger partial charge in [0.05, 0.1) is 13.2 Å². The zero-order chi connectivity index (χ0) is 9.52. The third kappa shape index (κ3) is 4.27. The first-order chi connectivity index (χ1) is 6.33. The quantitative estimate of drug-likeness (QED) is 0.629. The maximum absolute atomic E-state index is 10.8. The molecular formula is C10H18O3. The number of hydrogen-bond donors (Lipinski definition) is 0. The highest BCUT2D eigenvalue weighted by Gasteiger charge is 2.13. The number of carbonyl (C=O) groups is 1. The van der Waals surface area contributed by atoms with Crippen LogP contribution in [0.5, 0.6) is 0 Å². The van der Waals surface area contributed by atoms with Gasteiger partial charge in [0, 0.05) is 13.0 Å². The molecule has 0 aromatic heterocycles. The molecule has 0 aliphatic carbocycles. The molecule has 1 rings (SSSR count). The summed E-state index contributed by atoms with van der Waals surface area (Å²) in [6, 6.07) is 0. The fourth-order valence-electron chi connectivity index (χ4n) is 1.61. The van der Waals surface area contributed by atoms with Crippen molar-refractivity contribution in [1.29, 1.82) is 0 Å². The minimum Gasteiger partial charge on any atom is -0.469 e. The van der Waals surface area contributed by atoms with Crippen LogP contribution in [-0.4, -0.2) is 25.8 Å². The lowest BCUT2D eigenvalue weighted by Gasteiger charge is -2.22. The maximum Gasteiger partial charge on any atom is 0.305 e. The molecule has 0 bridgehead atoms. The topological polar surface area (TPSA) is 35.5 Å². The predicted octanol–water partition coefficient (Wildman–Crippen LogP) is 1.90. The Kier molecular flexibility index (Phi) is 4.83. The lowest BCUT2D eigenvalue weighted by Crippen LogP contribution is -2.19. The van der Waals surface area contributed by atoms with Crippen molar-refractivity contribution in [2.75, 3.05) is 13.7 Å². The van der Waals surface area contributed by atoms with Gasteiger partial charge >= 0.3 is 5.97 Å². The molecule has 1 heterocycles. The van der Waals surface area contributed by atoms with Crippen LogP contribution in [0.25, 0.3) is 0 Å². The second-order valence-electron chi connectivity index (χ2n) is 3.46. The van der Waals surface area contributed by atoms with Crippen molar-refractivity contribution in [3.05, 3.63) is 0 Å². The molecular weight excluding hydrogens is 168 g/mol. The monoisotopic (exact) mass is 186 g/mol. The Morgan fingerprint density at radius 1 is 1.54 bits per heavy atom. The molecule has 1 fully saturated rings. The van der Waals surface area contributed by atoms with Gasteiger partial charge in [-0.1, -0.05) is 0 Å². The van der Waals surface area contributed by atoms with Gasteiger partial charge in [0.15, 0.2) is 0 Å². The first-order valence-corrected chi connectivity index (χ1v) is 5.01. The second-order valence-corrected chi connectivity index (χ2v) is 3.46. The lowest BCUT2D eigenvalue weighted by molar-refractivity contribution is -0.140. The Balaban J connectivity index is 2.01. The van der Waals surface area contributed by atoms with Crippen LogP contribution in [0.15, 0.2) is 0 Å². The third-order valence-electron chi connectivity index (χ3n) is 2.41. The van der Waals surface area contributed by atoms with Gasteiger partial charge in [0.25, 0.3) is 0 Å². The number of ether oxygens (including phenoxy) is 2. The third-order valence-corrected chi connectivity index (χ3v) is 2.41. The minimum absolute atomic E-state index is 0.115. The molecule has 1 unspecified atom stereocenters. The highest BCUT2D eigenvalue weighted by Crippen LogP contribution is 2.17. The fourth-order valence-corrected chi connectivity index (χ4v) is 1.61. The van der Waals surface area contributed by atoms with E-state index in [1.165, 1.54) is 20.0 Å². The average molecular weight is 186 g/mol. The van der Waals surface area contributed by atoms with E-state index in [1.807, 2.05) is 0 Å². The molecule has 0 aromatic rings. The van der Waals surface area contributed by atoms with Crippen LogP contribution in [0.1, 0.15) is 38.5 Å². The molecule has 0 N–H and O–H groups in total. The van der Waals surface area contributed by atoms with Gasteiger partial charge in [-0.05, 0) is 32.1 Å². The van der Waals surface area contributed by atoms with Crippen molar-refractivity contribution in [3.63, 3.8) is 0 Å². The largest absolute Gasteiger partial charge is 0.469 e. The van der Waals surface area contributed by atoms with Gasteiger partial charge in [0.2, 0.25) is 0 Å². The summed E-state index contributed by atoms with van der Waals surface area (Å²) in [5.74, 6) is -0.115. The minimum atomic E-state index is -0.115. The standard InChI is InChI=1S/C10H18O3/c1-12-10(11)7-4-6-9-5-2-3-8-13-9/h9H,2-8H2,1H3. The van der Waals surface area contributed by atoms with Gasteiger partial charge < -0.3 is 9.47 Å². The predicted molar refractivity (Wildman–Crippen MR) is 49.5 cm³/mol. The second kappa shape index (κ2) is 5.97. The molecule has 0 amide bonds. The van der Waals surface area contributed by atoms with Crippen LogP contribution >= 0.6 is 0 Å². The van der Waals surface area contributed by atoms with Crippen LogP contribution in [0.4, 0.5) is 0 Å². The number of rotatable bonds is 4. The van der Waals surface area contributed by atoms with E-state index >= 15 is 0 Å². The molecule has 3 heteroatoms. The Hall–Kier alpha value is -0.570. The van der Waals surface area contributed by atoms with Gasteiger partial charge in [0.1, 0.15) is 0 Å². The van der Waals surface area contributed by atoms with E-state index < -0.39 is 0 Å². The summed E-state index contributed by atoms with van der Waals surface area (Å²) < 4.78 is 10.1. The summed E-state index contributed by atoms with van der Waals surface area (Å²) in [7, 11) is 1.43. The van der Waals surface area contributed by atoms with E-state index in [0.717, 1.165) is 25.9 Å². The van der Waals surface area contributed by atoms with Crippen molar-refractivity contribution < 1.29 is 14.3 Å². The highest BCUT2D eigenvalue weighted by molar-refractivity contribution is 5.68. The SMILES string of the molecule is COC(=O)CCCC1CCCCO1. The molecule has 1 atom stereocenters. The molecule has 0 saturated carbocycles. The molecule has 0 aromatic carbocycles. The van der Waals surface area contributed by atoms with Crippen LogP contribution in [0.3, 0.4) is 0 Å². The molecule has 1 saturated heterocycles. The Bertz CT molecular complexity index is 150. The van der Waals surface area contributed by atoms with Gasteiger partial charge in [-0.2, -0.15) is 0 Å². The number of methoxy groups -OCH3 is 1.